The van der Waals surface area contributed by atoms with Gasteiger partial charge in [0.25, 0.3) is 0 Å². The van der Waals surface area contributed by atoms with Gasteiger partial charge in [-0.05, 0) is 49.1 Å². The second-order valence-corrected chi connectivity index (χ2v) is 8.64. The number of nitrogens with zero attached hydrogens (tertiary/aromatic N) is 4. The minimum absolute atomic E-state index is 0.0856. The van der Waals surface area contributed by atoms with Gasteiger partial charge in [-0.15, -0.1) is 0 Å². The summed E-state index contributed by atoms with van der Waals surface area (Å²) in [6.45, 7) is 0.856. The molecule has 0 radical (unpaired) electrons. The molecule has 0 aliphatic carbocycles. The zero-order chi connectivity index (χ0) is 24.1. The van der Waals surface area contributed by atoms with Crippen molar-refractivity contribution in [2.45, 2.75) is 51.3 Å². The molecule has 1 aliphatic rings. The number of ether oxygens (including phenoxy) is 1. The Hall–Kier alpha value is -3.57. The van der Waals surface area contributed by atoms with Crippen LogP contribution in [0.2, 0.25) is 5.02 Å². The summed E-state index contributed by atoms with van der Waals surface area (Å²) in [6, 6.07) is 15.5. The lowest BCUT2D eigenvalue weighted by molar-refractivity contribution is -0.120. The fourth-order valence-electron chi connectivity index (χ4n) is 4.31. The average Bonchev–Trinajstić information content (AvgIpc) is 3.16. The van der Waals surface area contributed by atoms with Gasteiger partial charge in [0, 0.05) is 30.7 Å². The molecule has 8 nitrogen and oxygen atoms in total. The van der Waals surface area contributed by atoms with Crippen LogP contribution in [0.4, 0.5) is 10.5 Å². The van der Waals surface area contributed by atoms with Crippen molar-refractivity contribution in [2.24, 2.45) is 0 Å². The van der Waals surface area contributed by atoms with Gasteiger partial charge in [0.15, 0.2) is 0 Å². The molecule has 4 rings (SSSR count). The first-order valence-electron chi connectivity index (χ1n) is 11.3. The summed E-state index contributed by atoms with van der Waals surface area (Å²) in [5.41, 5.74) is 3.50. The van der Waals surface area contributed by atoms with Gasteiger partial charge in [0.1, 0.15) is 11.9 Å². The number of para-hydroxylation sites is 1. The first kappa shape index (κ1) is 23.6. The number of anilines is 1. The van der Waals surface area contributed by atoms with Crippen molar-refractivity contribution in [3.05, 3.63) is 58.9 Å². The maximum atomic E-state index is 13.5. The number of aryl methyl sites for hydroxylation is 2. The monoisotopic (exact) mass is 479 g/mol. The van der Waals surface area contributed by atoms with Crippen molar-refractivity contribution in [1.29, 1.82) is 5.26 Å². The summed E-state index contributed by atoms with van der Waals surface area (Å²) in [4.78, 5) is 31.8. The van der Waals surface area contributed by atoms with E-state index in [1.165, 1.54) is 7.05 Å². The predicted molar refractivity (Wildman–Crippen MR) is 129 cm³/mol. The smallest absolute Gasteiger partial charge is 0.407 e. The third-order valence-electron chi connectivity index (χ3n) is 5.96. The number of amides is 2. The van der Waals surface area contributed by atoms with Crippen molar-refractivity contribution < 1.29 is 14.3 Å². The zero-order valence-corrected chi connectivity index (χ0v) is 19.7. The van der Waals surface area contributed by atoms with Gasteiger partial charge in [0.2, 0.25) is 5.91 Å². The number of rotatable bonds is 6. The first-order chi connectivity index (χ1) is 16.5. The first-order valence-corrected chi connectivity index (χ1v) is 11.7. The number of hydrogen-bond donors (Lipinski definition) is 1. The molecular formula is C25H26ClN5O3. The Morgan fingerprint density at radius 1 is 1.32 bits per heavy atom. The number of carbonyl (C=O) groups is 2. The lowest BCUT2D eigenvalue weighted by Gasteiger charge is -2.30. The van der Waals surface area contributed by atoms with Crippen LogP contribution in [0.5, 0.6) is 0 Å². The van der Waals surface area contributed by atoms with Crippen LogP contribution in [0.1, 0.15) is 37.1 Å². The van der Waals surface area contributed by atoms with Crippen LogP contribution in [-0.2, 0) is 29.0 Å². The van der Waals surface area contributed by atoms with E-state index >= 15 is 0 Å². The maximum absolute atomic E-state index is 13.5. The lowest BCUT2D eigenvalue weighted by atomic mass is 9.99. The summed E-state index contributed by atoms with van der Waals surface area (Å²) < 4.78 is 7.50. The van der Waals surface area contributed by atoms with E-state index in [2.05, 4.69) is 16.0 Å². The number of nitrogens with one attached hydrogen (secondary N) is 1. The maximum Gasteiger partial charge on any atom is 0.407 e. The quantitative estimate of drug-likeness (QED) is 0.521. The summed E-state index contributed by atoms with van der Waals surface area (Å²) >= 11 is 6.19. The van der Waals surface area contributed by atoms with Crippen LogP contribution in [0.15, 0.2) is 42.5 Å². The molecule has 1 aliphatic heterocycles. The Balaban J connectivity index is 1.71. The molecule has 2 amide bonds. The van der Waals surface area contributed by atoms with Crippen molar-refractivity contribution in [2.75, 3.05) is 11.9 Å². The molecule has 0 saturated carbocycles. The second kappa shape index (κ2) is 10.6. The van der Waals surface area contributed by atoms with E-state index in [9.17, 15) is 9.59 Å². The zero-order valence-electron chi connectivity index (χ0n) is 19.0. The summed E-state index contributed by atoms with van der Waals surface area (Å²) in [5.74, 6) is 0.567. The van der Waals surface area contributed by atoms with E-state index in [1.807, 2.05) is 36.4 Å². The lowest BCUT2D eigenvalue weighted by Crippen LogP contribution is -2.38. The Bertz CT molecular complexity index is 1250. The van der Waals surface area contributed by atoms with Crippen LogP contribution in [0, 0.1) is 11.3 Å². The molecule has 1 atom stereocenters. The number of fused-ring (bicyclic) bond motifs is 2. The van der Waals surface area contributed by atoms with Gasteiger partial charge in [0.05, 0.1) is 30.1 Å². The fourth-order valence-corrected chi connectivity index (χ4v) is 4.47. The highest BCUT2D eigenvalue weighted by atomic mass is 35.5. The summed E-state index contributed by atoms with van der Waals surface area (Å²) in [5, 5.41) is 12.0. The minimum atomic E-state index is -0.547. The molecule has 0 fully saturated rings. The number of halogens is 1. The number of nitriles is 1. The molecule has 1 aromatic heterocycles. The highest BCUT2D eigenvalue weighted by molar-refractivity contribution is 6.31. The normalized spacial score (nSPS) is 15.9. The minimum Gasteiger partial charge on any atom is -0.446 e. The van der Waals surface area contributed by atoms with E-state index in [0.717, 1.165) is 22.3 Å². The van der Waals surface area contributed by atoms with Gasteiger partial charge in [-0.25, -0.2) is 9.78 Å². The Morgan fingerprint density at radius 2 is 2.15 bits per heavy atom. The molecule has 2 aromatic carbocycles. The highest BCUT2D eigenvalue weighted by Gasteiger charge is 2.29. The second-order valence-electron chi connectivity index (χ2n) is 8.20. The highest BCUT2D eigenvalue weighted by Crippen LogP contribution is 2.30. The van der Waals surface area contributed by atoms with Gasteiger partial charge >= 0.3 is 6.09 Å². The Labute approximate surface area is 203 Å². The van der Waals surface area contributed by atoms with E-state index < -0.39 is 12.2 Å². The molecule has 0 spiro atoms. The van der Waals surface area contributed by atoms with Crippen LogP contribution >= 0.6 is 11.6 Å². The standard InChI is InChI=1S/C25H26ClN5O3/c1-28-25(33)34-19-10-8-17-6-2-3-7-21(17)31(24(32)15-19)16-23-29-20-14-18(26)9-11-22(20)30(23)13-5-4-12-27/h2-3,6-7,9,11,14,19H,4-5,8,10,13,15-16H2,1H3,(H,28,33)/t19-/m0/s1. The molecule has 2 heterocycles. The Morgan fingerprint density at radius 3 is 2.94 bits per heavy atom. The van der Waals surface area contributed by atoms with Crippen LogP contribution in [-0.4, -0.2) is 34.7 Å². The molecule has 0 saturated heterocycles. The van der Waals surface area contributed by atoms with Gasteiger partial charge in [-0.3, -0.25) is 4.79 Å². The number of aromatic nitrogens is 2. The third kappa shape index (κ3) is 5.15. The van der Waals surface area contributed by atoms with Gasteiger partial charge in [-0.2, -0.15) is 5.26 Å². The summed E-state index contributed by atoms with van der Waals surface area (Å²) in [7, 11) is 1.50. The molecular weight excluding hydrogens is 454 g/mol. The van der Waals surface area contributed by atoms with E-state index in [0.29, 0.717) is 43.1 Å². The molecule has 34 heavy (non-hydrogen) atoms. The van der Waals surface area contributed by atoms with Crippen LogP contribution in [0.25, 0.3) is 11.0 Å². The van der Waals surface area contributed by atoms with Crippen molar-refractivity contribution in [1.82, 2.24) is 14.9 Å². The molecule has 1 N–H and O–H groups in total. The predicted octanol–water partition coefficient (Wildman–Crippen LogP) is 4.59. The van der Waals surface area contributed by atoms with Crippen LogP contribution < -0.4 is 10.2 Å². The molecule has 3 aromatic rings. The van der Waals surface area contributed by atoms with E-state index in [4.69, 9.17) is 26.6 Å². The molecule has 0 unspecified atom stereocenters. The average molecular weight is 480 g/mol. The van der Waals surface area contributed by atoms with E-state index in [-0.39, 0.29) is 18.9 Å². The van der Waals surface area contributed by atoms with Crippen molar-refractivity contribution >= 4 is 40.3 Å². The number of alkyl carbamates (subject to hydrolysis) is 1. The van der Waals surface area contributed by atoms with Gasteiger partial charge < -0.3 is 19.5 Å². The number of carbonyl (C=O) groups excluding carboxylic acids is 2. The number of imidazole rings is 1. The number of benzene rings is 2. The summed E-state index contributed by atoms with van der Waals surface area (Å²) in [6.07, 6.45) is 1.36. The number of hydrogen-bond acceptors (Lipinski definition) is 5. The third-order valence-corrected chi connectivity index (χ3v) is 6.19. The number of unbranched alkanes of at least 4 members (excludes halogenated alkanes) is 1. The van der Waals surface area contributed by atoms with Crippen molar-refractivity contribution in [3.8, 4) is 6.07 Å². The van der Waals surface area contributed by atoms with Crippen molar-refractivity contribution in [3.63, 3.8) is 0 Å². The fraction of sp³-hybridized carbons (Fsp3) is 0.360. The molecule has 0 bridgehead atoms. The van der Waals surface area contributed by atoms with Crippen LogP contribution in [0.3, 0.4) is 0 Å². The largest absolute Gasteiger partial charge is 0.446 e. The SMILES string of the molecule is CNC(=O)O[C@H]1CCc2ccccc2N(Cc2nc3cc(Cl)ccc3n2CCCC#N)C(=O)C1. The van der Waals surface area contributed by atoms with Gasteiger partial charge in [-0.1, -0.05) is 29.8 Å². The molecule has 9 heteroatoms. The topological polar surface area (TPSA) is 100 Å². The van der Waals surface area contributed by atoms with E-state index in [1.54, 1.807) is 11.0 Å². The Kier molecular flexibility index (Phi) is 7.33. The molecule has 176 valence electrons.